The molecule has 2 saturated heterocycles. The van der Waals surface area contributed by atoms with E-state index in [0.29, 0.717) is 13.1 Å². The van der Waals surface area contributed by atoms with Crippen LogP contribution in [0.4, 0.5) is 13.6 Å². The number of aromatic nitrogens is 1. The normalized spacial score (nSPS) is 23.0. The quantitative estimate of drug-likeness (QED) is 0.572. The average Bonchev–Trinajstić information content (AvgIpc) is 3.36. The van der Waals surface area contributed by atoms with E-state index in [2.05, 4.69) is 5.32 Å². The SMILES string of the molecule is C[C@@]1(c2cc(F)ccc2F)NC(=O)N(CC(=O)N2CCC[C@H](c3nc4ccccc4s3)C2)C1=O. The maximum absolute atomic E-state index is 14.4. The maximum Gasteiger partial charge on any atom is 0.325 e. The molecule has 3 aromatic rings. The van der Waals surface area contributed by atoms with Crippen LogP contribution in [0.3, 0.4) is 0 Å². The zero-order chi connectivity index (χ0) is 24.0. The van der Waals surface area contributed by atoms with Crippen LogP contribution < -0.4 is 5.32 Å². The van der Waals surface area contributed by atoms with E-state index in [1.165, 1.54) is 6.92 Å². The van der Waals surface area contributed by atoms with Crippen molar-refractivity contribution in [2.45, 2.75) is 31.2 Å². The highest BCUT2D eigenvalue weighted by atomic mass is 32.1. The van der Waals surface area contributed by atoms with Crippen LogP contribution in [-0.2, 0) is 15.1 Å². The van der Waals surface area contributed by atoms with Gasteiger partial charge in [0.05, 0.1) is 15.2 Å². The Hall–Kier alpha value is -3.40. The molecule has 1 aromatic heterocycles. The third kappa shape index (κ3) is 3.81. The molecule has 1 N–H and O–H groups in total. The first-order valence-corrected chi connectivity index (χ1v) is 11.8. The van der Waals surface area contributed by atoms with Crippen molar-refractivity contribution < 1.29 is 23.2 Å². The molecule has 2 aromatic carbocycles. The predicted octanol–water partition coefficient (Wildman–Crippen LogP) is 3.75. The van der Waals surface area contributed by atoms with E-state index in [1.54, 1.807) is 16.2 Å². The van der Waals surface area contributed by atoms with Gasteiger partial charge in [0, 0.05) is 24.6 Å². The van der Waals surface area contributed by atoms with Crippen molar-refractivity contribution in [2.75, 3.05) is 19.6 Å². The molecule has 2 aliphatic heterocycles. The molecule has 10 heteroatoms. The molecule has 2 aliphatic rings. The first-order valence-electron chi connectivity index (χ1n) is 11.0. The van der Waals surface area contributed by atoms with Gasteiger partial charge in [0.15, 0.2) is 0 Å². The van der Waals surface area contributed by atoms with Crippen molar-refractivity contribution in [2.24, 2.45) is 0 Å². The summed E-state index contributed by atoms with van der Waals surface area (Å²) in [5.41, 5.74) is -1.15. The van der Waals surface area contributed by atoms with Gasteiger partial charge < -0.3 is 10.2 Å². The molecule has 176 valence electrons. The topological polar surface area (TPSA) is 82.6 Å². The van der Waals surface area contributed by atoms with Gasteiger partial charge in [-0.1, -0.05) is 12.1 Å². The van der Waals surface area contributed by atoms with E-state index in [0.717, 1.165) is 51.2 Å². The zero-order valence-corrected chi connectivity index (χ0v) is 19.2. The number of nitrogens with one attached hydrogen (secondary N) is 1. The number of piperidine rings is 1. The predicted molar refractivity (Wildman–Crippen MR) is 122 cm³/mol. The molecule has 4 amide bonds. The van der Waals surface area contributed by atoms with Gasteiger partial charge in [-0.05, 0) is 50.1 Å². The molecular formula is C24H22F2N4O3S. The molecule has 0 saturated carbocycles. The third-order valence-electron chi connectivity index (χ3n) is 6.47. The van der Waals surface area contributed by atoms with Crippen molar-refractivity contribution >= 4 is 39.4 Å². The van der Waals surface area contributed by atoms with Gasteiger partial charge in [0.25, 0.3) is 5.91 Å². The summed E-state index contributed by atoms with van der Waals surface area (Å²) >= 11 is 1.61. The smallest absolute Gasteiger partial charge is 0.325 e. The molecule has 0 unspecified atom stereocenters. The summed E-state index contributed by atoms with van der Waals surface area (Å²) in [7, 11) is 0. The molecule has 2 atom stereocenters. The summed E-state index contributed by atoms with van der Waals surface area (Å²) in [6.07, 6.45) is 1.67. The molecule has 0 spiro atoms. The maximum atomic E-state index is 14.4. The second-order valence-corrected chi connectivity index (χ2v) is 9.83. The fraction of sp³-hybridized carbons (Fsp3) is 0.333. The number of fused-ring (bicyclic) bond motifs is 1. The Balaban J connectivity index is 1.31. The molecule has 0 aliphatic carbocycles. The summed E-state index contributed by atoms with van der Waals surface area (Å²) < 4.78 is 29.2. The van der Waals surface area contributed by atoms with Crippen molar-refractivity contribution in [3.05, 3.63) is 64.7 Å². The van der Waals surface area contributed by atoms with Gasteiger partial charge in [-0.15, -0.1) is 11.3 Å². The lowest BCUT2D eigenvalue weighted by atomic mass is 9.91. The molecule has 34 heavy (non-hydrogen) atoms. The number of amides is 4. The molecule has 0 bridgehead atoms. The minimum atomic E-state index is -1.80. The van der Waals surface area contributed by atoms with Gasteiger partial charge in [-0.2, -0.15) is 0 Å². The summed E-state index contributed by atoms with van der Waals surface area (Å²) in [6.45, 7) is 1.79. The molecule has 3 heterocycles. The Labute approximate surface area is 198 Å². The van der Waals surface area contributed by atoms with Crippen molar-refractivity contribution in [3.8, 4) is 0 Å². The largest absolute Gasteiger partial charge is 0.340 e. The Morgan fingerprint density at radius 3 is 2.82 bits per heavy atom. The number of imide groups is 1. The average molecular weight is 485 g/mol. The number of rotatable bonds is 4. The molecule has 2 fully saturated rings. The Bertz CT molecular complexity index is 1280. The molecule has 7 nitrogen and oxygen atoms in total. The van der Waals surface area contributed by atoms with Crippen LogP contribution in [0, 0.1) is 11.6 Å². The number of benzene rings is 2. The number of likely N-dealkylation sites (tertiary alicyclic amines) is 1. The zero-order valence-electron chi connectivity index (χ0n) is 18.4. The van der Waals surface area contributed by atoms with Crippen LogP contribution >= 0.6 is 11.3 Å². The third-order valence-corrected chi connectivity index (χ3v) is 7.67. The molecular weight excluding hydrogens is 462 g/mol. The number of halogens is 2. The van der Waals surface area contributed by atoms with Gasteiger partial charge in [-0.25, -0.2) is 18.6 Å². The summed E-state index contributed by atoms with van der Waals surface area (Å²) in [4.78, 5) is 45.8. The van der Waals surface area contributed by atoms with Gasteiger partial charge in [0.2, 0.25) is 5.91 Å². The summed E-state index contributed by atoms with van der Waals surface area (Å²) in [6, 6.07) is 9.76. The minimum Gasteiger partial charge on any atom is -0.340 e. The monoisotopic (exact) mass is 484 g/mol. The fourth-order valence-electron chi connectivity index (χ4n) is 4.61. The van der Waals surface area contributed by atoms with E-state index in [9.17, 15) is 23.2 Å². The van der Waals surface area contributed by atoms with E-state index >= 15 is 0 Å². The first kappa shape index (κ1) is 22.4. The Kier molecular flexibility index (Phi) is 5.55. The standard InChI is InChI=1S/C24H22F2N4O3S/c1-24(16-11-15(25)8-9-17(16)26)22(32)30(23(33)28-24)13-20(31)29-10-4-5-14(12-29)21-27-18-6-2-3-7-19(18)34-21/h2-3,6-9,11,14H,4-5,10,12-13H2,1H3,(H,28,33)/t14-,24-/m0/s1. The van der Waals surface area contributed by atoms with Gasteiger partial charge >= 0.3 is 6.03 Å². The number of hydrogen-bond acceptors (Lipinski definition) is 5. The van der Waals surface area contributed by atoms with Crippen molar-refractivity contribution in [1.29, 1.82) is 0 Å². The number of nitrogens with zero attached hydrogens (tertiary/aromatic N) is 3. The lowest BCUT2D eigenvalue weighted by Gasteiger charge is -2.32. The van der Waals surface area contributed by atoms with Crippen LogP contribution in [0.15, 0.2) is 42.5 Å². The van der Waals surface area contributed by atoms with Gasteiger partial charge in [0.1, 0.15) is 23.7 Å². The van der Waals surface area contributed by atoms with E-state index in [1.807, 2.05) is 24.3 Å². The Morgan fingerprint density at radius 1 is 1.24 bits per heavy atom. The van der Waals surface area contributed by atoms with Crippen LogP contribution in [0.25, 0.3) is 10.2 Å². The van der Waals surface area contributed by atoms with Crippen molar-refractivity contribution in [1.82, 2.24) is 20.1 Å². The number of carbonyl (C=O) groups excluding carboxylic acids is 3. The fourth-order valence-corrected chi connectivity index (χ4v) is 5.70. The van der Waals surface area contributed by atoms with Crippen LogP contribution in [0.1, 0.15) is 36.3 Å². The van der Waals surface area contributed by atoms with Crippen LogP contribution in [-0.4, -0.2) is 52.3 Å². The summed E-state index contributed by atoms with van der Waals surface area (Å²) in [5.74, 6) is -2.65. The highest BCUT2D eigenvalue weighted by Crippen LogP contribution is 2.34. The Morgan fingerprint density at radius 2 is 2.03 bits per heavy atom. The molecule has 0 radical (unpaired) electrons. The second-order valence-electron chi connectivity index (χ2n) is 8.77. The summed E-state index contributed by atoms with van der Waals surface area (Å²) in [5, 5.41) is 3.38. The second kappa shape index (κ2) is 8.43. The lowest BCUT2D eigenvalue weighted by Crippen LogP contribution is -2.47. The molecule has 5 rings (SSSR count). The number of carbonyl (C=O) groups is 3. The van der Waals surface area contributed by atoms with Crippen LogP contribution in [0.2, 0.25) is 0 Å². The lowest BCUT2D eigenvalue weighted by molar-refractivity contribution is -0.139. The first-order chi connectivity index (χ1) is 16.3. The number of para-hydroxylation sites is 1. The number of hydrogen-bond donors (Lipinski definition) is 1. The number of thiazole rings is 1. The van der Waals surface area contributed by atoms with Crippen LogP contribution in [0.5, 0.6) is 0 Å². The van der Waals surface area contributed by atoms with E-state index in [-0.39, 0.29) is 17.4 Å². The highest BCUT2D eigenvalue weighted by molar-refractivity contribution is 7.18. The van der Waals surface area contributed by atoms with E-state index < -0.39 is 35.7 Å². The minimum absolute atomic E-state index is 0.0739. The van der Waals surface area contributed by atoms with E-state index in [4.69, 9.17) is 4.98 Å². The van der Waals surface area contributed by atoms with Gasteiger partial charge in [-0.3, -0.25) is 14.5 Å². The van der Waals surface area contributed by atoms with Crippen molar-refractivity contribution in [3.63, 3.8) is 0 Å². The highest BCUT2D eigenvalue weighted by Gasteiger charge is 2.51. The number of urea groups is 1.